The molecule has 0 aromatic heterocycles. The van der Waals surface area contributed by atoms with E-state index in [-0.39, 0.29) is 12.1 Å². The van der Waals surface area contributed by atoms with Gasteiger partial charge in [0.15, 0.2) is 0 Å². The van der Waals surface area contributed by atoms with Crippen LogP contribution in [-0.4, -0.2) is 12.1 Å². The van der Waals surface area contributed by atoms with Crippen molar-refractivity contribution in [1.29, 1.82) is 0 Å². The maximum atomic E-state index is 14.0. The SMILES string of the molecule is NC(=O)c1ccc2c(c1)CNC2[C@H](c1ccccc1F)C(F)(F)F. The minimum absolute atomic E-state index is 0.155. The Kier molecular flexibility index (Phi) is 4.04. The minimum Gasteiger partial charge on any atom is -0.366 e. The molecule has 24 heavy (non-hydrogen) atoms. The van der Waals surface area contributed by atoms with Gasteiger partial charge in [-0.3, -0.25) is 4.79 Å². The van der Waals surface area contributed by atoms with Crippen molar-refractivity contribution in [1.82, 2.24) is 5.32 Å². The Balaban J connectivity index is 2.07. The molecule has 3 N–H and O–H groups in total. The summed E-state index contributed by atoms with van der Waals surface area (Å²) in [6.45, 7) is 0.155. The number of amides is 1. The van der Waals surface area contributed by atoms with E-state index in [1.165, 1.54) is 30.3 Å². The highest BCUT2D eigenvalue weighted by atomic mass is 19.4. The monoisotopic (exact) mass is 338 g/mol. The summed E-state index contributed by atoms with van der Waals surface area (Å²) in [5.74, 6) is -3.58. The third-order valence-electron chi connectivity index (χ3n) is 4.20. The highest BCUT2D eigenvalue weighted by molar-refractivity contribution is 5.93. The van der Waals surface area contributed by atoms with Gasteiger partial charge in [-0.05, 0) is 29.3 Å². The smallest absolute Gasteiger partial charge is 0.366 e. The number of primary amides is 1. The molecule has 2 atom stereocenters. The number of benzene rings is 2. The molecule has 0 saturated heterocycles. The topological polar surface area (TPSA) is 55.1 Å². The summed E-state index contributed by atoms with van der Waals surface area (Å²) in [5.41, 5.74) is 5.96. The Hall–Kier alpha value is -2.41. The van der Waals surface area contributed by atoms with Gasteiger partial charge in [0.1, 0.15) is 11.7 Å². The number of hydrogen-bond donors (Lipinski definition) is 2. The molecule has 0 radical (unpaired) electrons. The Morgan fingerprint density at radius 1 is 1.21 bits per heavy atom. The van der Waals surface area contributed by atoms with Crippen LogP contribution in [0.3, 0.4) is 0 Å². The van der Waals surface area contributed by atoms with Crippen molar-refractivity contribution >= 4 is 5.91 Å². The molecular weight excluding hydrogens is 324 g/mol. The van der Waals surface area contributed by atoms with Gasteiger partial charge in [-0.1, -0.05) is 24.3 Å². The van der Waals surface area contributed by atoms with Crippen LogP contribution in [0.2, 0.25) is 0 Å². The number of nitrogens with two attached hydrogens (primary N) is 1. The first-order valence-electron chi connectivity index (χ1n) is 7.26. The highest BCUT2D eigenvalue weighted by Crippen LogP contribution is 2.47. The van der Waals surface area contributed by atoms with Crippen molar-refractivity contribution in [2.24, 2.45) is 5.73 Å². The first-order valence-corrected chi connectivity index (χ1v) is 7.26. The average molecular weight is 338 g/mol. The second-order valence-electron chi connectivity index (χ2n) is 5.68. The van der Waals surface area contributed by atoms with Crippen molar-refractivity contribution in [3.8, 4) is 0 Å². The largest absolute Gasteiger partial charge is 0.397 e. The van der Waals surface area contributed by atoms with E-state index >= 15 is 0 Å². The van der Waals surface area contributed by atoms with E-state index in [2.05, 4.69) is 5.32 Å². The van der Waals surface area contributed by atoms with Gasteiger partial charge in [0, 0.05) is 23.7 Å². The first-order chi connectivity index (χ1) is 11.3. The second-order valence-corrected chi connectivity index (χ2v) is 5.68. The van der Waals surface area contributed by atoms with Crippen molar-refractivity contribution in [2.45, 2.75) is 24.7 Å². The van der Waals surface area contributed by atoms with Gasteiger partial charge in [0.2, 0.25) is 5.91 Å². The summed E-state index contributed by atoms with van der Waals surface area (Å²) in [6, 6.07) is 8.06. The highest BCUT2D eigenvalue weighted by Gasteiger charge is 2.49. The maximum Gasteiger partial charge on any atom is 0.397 e. The zero-order valence-electron chi connectivity index (χ0n) is 12.4. The van der Waals surface area contributed by atoms with Crippen molar-refractivity contribution in [3.63, 3.8) is 0 Å². The van der Waals surface area contributed by atoms with Crippen LogP contribution < -0.4 is 11.1 Å². The maximum absolute atomic E-state index is 14.0. The van der Waals surface area contributed by atoms with E-state index in [1.54, 1.807) is 0 Å². The van der Waals surface area contributed by atoms with E-state index < -0.39 is 35.4 Å². The van der Waals surface area contributed by atoms with E-state index in [0.717, 1.165) is 12.1 Å². The molecule has 1 aliphatic rings. The van der Waals surface area contributed by atoms with Gasteiger partial charge < -0.3 is 11.1 Å². The molecule has 0 aliphatic carbocycles. The zero-order valence-corrected chi connectivity index (χ0v) is 12.4. The zero-order chi connectivity index (χ0) is 17.5. The predicted octanol–water partition coefficient (Wildman–Crippen LogP) is 3.42. The second kappa shape index (κ2) is 5.90. The van der Waals surface area contributed by atoms with E-state index in [4.69, 9.17) is 5.73 Å². The molecule has 3 nitrogen and oxygen atoms in total. The van der Waals surface area contributed by atoms with Gasteiger partial charge in [-0.2, -0.15) is 13.2 Å². The summed E-state index contributed by atoms with van der Waals surface area (Å²) < 4.78 is 55.0. The lowest BCUT2D eigenvalue weighted by atomic mass is 9.86. The van der Waals surface area contributed by atoms with Crippen LogP contribution in [0.5, 0.6) is 0 Å². The quantitative estimate of drug-likeness (QED) is 0.843. The number of nitrogens with one attached hydrogen (secondary N) is 1. The van der Waals surface area contributed by atoms with Crippen LogP contribution in [0, 0.1) is 5.82 Å². The Bertz CT molecular complexity index is 788. The molecule has 3 rings (SSSR count). The molecule has 0 spiro atoms. The molecule has 7 heteroatoms. The predicted molar refractivity (Wildman–Crippen MR) is 79.7 cm³/mol. The number of fused-ring (bicyclic) bond motifs is 1. The molecule has 2 aromatic carbocycles. The van der Waals surface area contributed by atoms with Crippen molar-refractivity contribution < 1.29 is 22.4 Å². The molecular formula is C17H14F4N2O. The molecule has 1 amide bonds. The first kappa shape index (κ1) is 16.4. The van der Waals surface area contributed by atoms with E-state index in [9.17, 15) is 22.4 Å². The summed E-state index contributed by atoms with van der Waals surface area (Å²) >= 11 is 0. The molecule has 0 saturated carbocycles. The van der Waals surface area contributed by atoms with Crippen LogP contribution in [0.15, 0.2) is 42.5 Å². The van der Waals surface area contributed by atoms with Gasteiger partial charge in [0.05, 0.1) is 0 Å². The number of halogens is 4. The van der Waals surface area contributed by atoms with Crippen LogP contribution in [0.1, 0.15) is 39.0 Å². The molecule has 1 aliphatic heterocycles. The van der Waals surface area contributed by atoms with E-state index in [0.29, 0.717) is 11.1 Å². The van der Waals surface area contributed by atoms with Gasteiger partial charge in [-0.15, -0.1) is 0 Å². The lowest BCUT2D eigenvalue weighted by molar-refractivity contribution is -0.157. The standard InChI is InChI=1S/C17H14F4N2O/c18-13-4-2-1-3-12(13)14(17(19,20)21)15-11-6-5-9(16(22)24)7-10(11)8-23-15/h1-7,14-15,23H,8H2,(H2,22,24)/t14-,15?/m0/s1. The summed E-state index contributed by atoms with van der Waals surface area (Å²) in [5, 5.41) is 2.78. The number of alkyl halides is 3. The molecule has 1 unspecified atom stereocenters. The fourth-order valence-electron chi connectivity index (χ4n) is 3.11. The Morgan fingerprint density at radius 3 is 2.54 bits per heavy atom. The number of rotatable bonds is 3. The number of carbonyl (C=O) groups excluding carboxylic acids is 1. The summed E-state index contributed by atoms with van der Waals surface area (Å²) in [7, 11) is 0. The lowest BCUT2D eigenvalue weighted by Crippen LogP contribution is -2.32. The average Bonchev–Trinajstić information content (AvgIpc) is 2.91. The Morgan fingerprint density at radius 2 is 1.92 bits per heavy atom. The molecule has 2 aromatic rings. The molecule has 0 fully saturated rings. The Labute approximate surface area is 135 Å². The van der Waals surface area contributed by atoms with Crippen LogP contribution in [0.4, 0.5) is 17.6 Å². The third-order valence-corrected chi connectivity index (χ3v) is 4.20. The molecule has 1 heterocycles. The third kappa shape index (κ3) is 2.87. The fourth-order valence-corrected chi connectivity index (χ4v) is 3.11. The van der Waals surface area contributed by atoms with Gasteiger partial charge in [-0.25, -0.2) is 4.39 Å². The molecule has 0 bridgehead atoms. The number of carbonyl (C=O) groups is 1. The summed E-state index contributed by atoms with van der Waals surface area (Å²) in [6.07, 6.45) is -4.64. The van der Waals surface area contributed by atoms with Crippen LogP contribution in [0.25, 0.3) is 0 Å². The summed E-state index contributed by atoms with van der Waals surface area (Å²) in [4.78, 5) is 11.2. The van der Waals surface area contributed by atoms with Gasteiger partial charge in [0.25, 0.3) is 0 Å². The minimum atomic E-state index is -4.64. The normalized spacial score (nSPS) is 18.2. The fraction of sp³-hybridized carbons (Fsp3) is 0.235. The van der Waals surface area contributed by atoms with Crippen molar-refractivity contribution in [2.75, 3.05) is 0 Å². The van der Waals surface area contributed by atoms with E-state index in [1.807, 2.05) is 0 Å². The van der Waals surface area contributed by atoms with Crippen LogP contribution in [-0.2, 0) is 6.54 Å². The lowest BCUT2D eigenvalue weighted by Gasteiger charge is -2.27. The number of hydrogen-bond acceptors (Lipinski definition) is 2. The van der Waals surface area contributed by atoms with Crippen molar-refractivity contribution in [3.05, 3.63) is 70.5 Å². The van der Waals surface area contributed by atoms with Gasteiger partial charge >= 0.3 is 6.18 Å². The van der Waals surface area contributed by atoms with Crippen LogP contribution >= 0.6 is 0 Å². The molecule has 126 valence electrons.